The fourth-order valence-corrected chi connectivity index (χ4v) is 2.17. The van der Waals surface area contributed by atoms with Crippen LogP contribution in [0.4, 0.5) is 0 Å². The molecule has 0 bridgehead atoms. The molecule has 0 radical (unpaired) electrons. The van der Waals surface area contributed by atoms with E-state index in [4.69, 9.17) is 5.11 Å². The fourth-order valence-electron chi connectivity index (χ4n) is 1.28. The van der Waals surface area contributed by atoms with Crippen molar-refractivity contribution in [2.24, 2.45) is 11.8 Å². The fraction of sp³-hybridized carbons (Fsp3) is 0.700. The maximum Gasteiger partial charge on any atom is 0.307 e. The maximum absolute atomic E-state index is 11.3. The molecule has 0 saturated heterocycles. The third-order valence-corrected chi connectivity index (χ3v) is 3.27. The van der Waals surface area contributed by atoms with Gasteiger partial charge in [-0.3, -0.25) is 4.79 Å². The third-order valence-electron chi connectivity index (χ3n) is 1.99. The summed E-state index contributed by atoms with van der Waals surface area (Å²) in [5.74, 6) is -1.64. The van der Waals surface area contributed by atoms with Gasteiger partial charge in [0.15, 0.2) is 0 Å². The first-order valence-corrected chi connectivity index (χ1v) is 6.74. The predicted molar refractivity (Wildman–Crippen MR) is 62.6 cm³/mol. The Kier molecular flexibility index (Phi) is 6.28. The molecule has 16 heavy (non-hydrogen) atoms. The van der Waals surface area contributed by atoms with Gasteiger partial charge in [0, 0.05) is 6.54 Å². The summed E-state index contributed by atoms with van der Waals surface area (Å²) in [6.07, 6.45) is 1.71. The van der Waals surface area contributed by atoms with Crippen LogP contribution in [0.5, 0.6) is 0 Å². The summed E-state index contributed by atoms with van der Waals surface area (Å²) >= 11 is 0. The Morgan fingerprint density at radius 1 is 1.50 bits per heavy atom. The van der Waals surface area contributed by atoms with Crippen molar-refractivity contribution >= 4 is 16.0 Å². The first kappa shape index (κ1) is 15.1. The second kappa shape index (κ2) is 6.65. The van der Waals surface area contributed by atoms with Gasteiger partial charge in [-0.25, -0.2) is 13.1 Å². The average molecular weight is 249 g/mol. The largest absolute Gasteiger partial charge is 0.481 e. The normalized spacial score (nSPS) is 13.7. The van der Waals surface area contributed by atoms with Crippen LogP contribution in [0.1, 0.15) is 20.3 Å². The number of hydrogen-bond donors (Lipinski definition) is 2. The van der Waals surface area contributed by atoms with E-state index in [9.17, 15) is 13.2 Å². The summed E-state index contributed by atoms with van der Waals surface area (Å²) in [5, 5.41) is 8.89. The Bertz CT molecular complexity index is 335. The average Bonchev–Trinajstić information content (AvgIpc) is 2.11. The molecule has 0 aliphatic rings. The van der Waals surface area contributed by atoms with Gasteiger partial charge in [0.2, 0.25) is 10.0 Å². The molecule has 1 atom stereocenters. The van der Waals surface area contributed by atoms with Crippen molar-refractivity contribution in [1.82, 2.24) is 4.72 Å². The molecule has 0 spiro atoms. The predicted octanol–water partition coefficient (Wildman–Crippen LogP) is 0.839. The number of rotatable bonds is 8. The quantitative estimate of drug-likeness (QED) is 0.624. The zero-order valence-electron chi connectivity index (χ0n) is 9.64. The van der Waals surface area contributed by atoms with E-state index in [-0.39, 0.29) is 18.2 Å². The van der Waals surface area contributed by atoms with Crippen molar-refractivity contribution in [2.45, 2.75) is 20.3 Å². The molecular weight excluding hydrogens is 230 g/mol. The molecule has 0 rings (SSSR count). The Balaban J connectivity index is 4.32. The SMILES string of the molecule is C=CCS(=O)(=O)NCC(CC(C)C)C(=O)O. The molecule has 0 aliphatic carbocycles. The first-order chi connectivity index (χ1) is 7.28. The lowest BCUT2D eigenvalue weighted by atomic mass is 9.98. The highest BCUT2D eigenvalue weighted by Crippen LogP contribution is 2.11. The standard InChI is InChI=1S/C10H19NO4S/c1-4-5-16(14,15)11-7-9(10(12)13)6-8(2)3/h4,8-9,11H,1,5-7H2,2-3H3,(H,12,13). The molecule has 0 aromatic rings. The van der Waals surface area contributed by atoms with Crippen LogP contribution in [0.25, 0.3) is 0 Å². The second-order valence-electron chi connectivity index (χ2n) is 4.08. The van der Waals surface area contributed by atoms with E-state index < -0.39 is 21.9 Å². The number of carbonyl (C=O) groups is 1. The summed E-state index contributed by atoms with van der Waals surface area (Å²) in [4.78, 5) is 10.9. The highest BCUT2D eigenvalue weighted by atomic mass is 32.2. The molecule has 0 fully saturated rings. The summed E-state index contributed by atoms with van der Waals surface area (Å²) in [7, 11) is -3.43. The minimum Gasteiger partial charge on any atom is -0.481 e. The van der Waals surface area contributed by atoms with Crippen molar-refractivity contribution in [3.63, 3.8) is 0 Å². The Morgan fingerprint density at radius 3 is 2.44 bits per heavy atom. The van der Waals surface area contributed by atoms with Crippen LogP contribution in [0.2, 0.25) is 0 Å². The minimum absolute atomic E-state index is 0.0658. The summed E-state index contributed by atoms with van der Waals surface area (Å²) in [6.45, 7) is 7.05. The van der Waals surface area contributed by atoms with Crippen molar-refractivity contribution in [3.05, 3.63) is 12.7 Å². The number of aliphatic carboxylic acids is 1. The molecule has 5 nitrogen and oxygen atoms in total. The van der Waals surface area contributed by atoms with E-state index >= 15 is 0 Å². The van der Waals surface area contributed by atoms with Crippen molar-refractivity contribution in [1.29, 1.82) is 0 Å². The summed E-state index contributed by atoms with van der Waals surface area (Å²) in [5.41, 5.74) is 0. The van der Waals surface area contributed by atoms with E-state index in [2.05, 4.69) is 11.3 Å². The number of carboxylic acids is 1. The van der Waals surface area contributed by atoms with Crippen LogP contribution in [0.3, 0.4) is 0 Å². The number of sulfonamides is 1. The Labute approximate surface area is 96.6 Å². The molecule has 0 aliphatic heterocycles. The lowest BCUT2D eigenvalue weighted by Gasteiger charge is -2.15. The molecule has 0 saturated carbocycles. The van der Waals surface area contributed by atoms with Crippen LogP contribution >= 0.6 is 0 Å². The molecule has 94 valence electrons. The number of hydrogen-bond acceptors (Lipinski definition) is 3. The molecule has 0 amide bonds. The van der Waals surface area contributed by atoms with Gasteiger partial charge in [-0.15, -0.1) is 6.58 Å². The lowest BCUT2D eigenvalue weighted by molar-refractivity contribution is -0.142. The number of carboxylic acid groups (broad SMARTS) is 1. The van der Waals surface area contributed by atoms with Gasteiger partial charge in [0.25, 0.3) is 0 Å². The van der Waals surface area contributed by atoms with Crippen LogP contribution in [0.15, 0.2) is 12.7 Å². The molecule has 6 heteroatoms. The number of nitrogens with one attached hydrogen (secondary N) is 1. The lowest BCUT2D eigenvalue weighted by Crippen LogP contribution is -2.34. The highest BCUT2D eigenvalue weighted by Gasteiger charge is 2.20. The monoisotopic (exact) mass is 249 g/mol. The molecular formula is C10H19NO4S. The van der Waals surface area contributed by atoms with Crippen LogP contribution in [0, 0.1) is 11.8 Å². The topological polar surface area (TPSA) is 83.5 Å². The van der Waals surface area contributed by atoms with Crippen LogP contribution in [-0.2, 0) is 14.8 Å². The second-order valence-corrected chi connectivity index (χ2v) is 5.93. The Morgan fingerprint density at radius 2 is 2.06 bits per heavy atom. The molecule has 0 heterocycles. The molecule has 0 aromatic carbocycles. The van der Waals surface area contributed by atoms with Gasteiger partial charge in [-0.05, 0) is 12.3 Å². The first-order valence-electron chi connectivity index (χ1n) is 5.09. The zero-order chi connectivity index (χ0) is 12.8. The van der Waals surface area contributed by atoms with E-state index in [1.54, 1.807) is 0 Å². The Hall–Kier alpha value is -0.880. The highest BCUT2D eigenvalue weighted by molar-refractivity contribution is 7.89. The van der Waals surface area contributed by atoms with E-state index in [0.717, 1.165) is 0 Å². The third kappa shape index (κ3) is 6.58. The smallest absolute Gasteiger partial charge is 0.307 e. The van der Waals surface area contributed by atoms with E-state index in [1.165, 1.54) is 6.08 Å². The van der Waals surface area contributed by atoms with Crippen LogP contribution < -0.4 is 4.72 Å². The summed E-state index contributed by atoms with van der Waals surface area (Å²) < 4.78 is 24.8. The molecule has 0 aromatic heterocycles. The van der Waals surface area contributed by atoms with Gasteiger partial charge in [-0.2, -0.15) is 0 Å². The van der Waals surface area contributed by atoms with Gasteiger partial charge >= 0.3 is 5.97 Å². The van der Waals surface area contributed by atoms with Crippen molar-refractivity contribution in [3.8, 4) is 0 Å². The van der Waals surface area contributed by atoms with Gasteiger partial charge in [0.05, 0.1) is 11.7 Å². The van der Waals surface area contributed by atoms with Crippen LogP contribution in [-0.4, -0.2) is 31.8 Å². The van der Waals surface area contributed by atoms with Crippen molar-refractivity contribution in [2.75, 3.05) is 12.3 Å². The van der Waals surface area contributed by atoms with Crippen molar-refractivity contribution < 1.29 is 18.3 Å². The van der Waals surface area contributed by atoms with Gasteiger partial charge in [-0.1, -0.05) is 19.9 Å². The minimum atomic E-state index is -3.43. The molecule has 1 unspecified atom stereocenters. The summed E-state index contributed by atoms with van der Waals surface area (Å²) in [6, 6.07) is 0. The molecule has 2 N–H and O–H groups in total. The van der Waals surface area contributed by atoms with E-state index in [1.807, 2.05) is 13.8 Å². The van der Waals surface area contributed by atoms with Gasteiger partial charge in [0.1, 0.15) is 0 Å². The maximum atomic E-state index is 11.3. The van der Waals surface area contributed by atoms with Gasteiger partial charge < -0.3 is 5.11 Å². The zero-order valence-corrected chi connectivity index (χ0v) is 10.5. The van der Waals surface area contributed by atoms with E-state index in [0.29, 0.717) is 6.42 Å².